The molecular formula is C23H30N2O4. The van der Waals surface area contributed by atoms with Crippen molar-refractivity contribution < 1.29 is 19.1 Å². The maximum atomic E-state index is 12.3. The van der Waals surface area contributed by atoms with Crippen molar-refractivity contribution in [3.05, 3.63) is 59.2 Å². The van der Waals surface area contributed by atoms with Crippen LogP contribution in [0.15, 0.2) is 42.5 Å². The van der Waals surface area contributed by atoms with E-state index in [1.807, 2.05) is 18.2 Å². The fourth-order valence-electron chi connectivity index (χ4n) is 2.81. The van der Waals surface area contributed by atoms with E-state index in [2.05, 4.69) is 24.5 Å². The van der Waals surface area contributed by atoms with Gasteiger partial charge in [-0.05, 0) is 60.7 Å². The molecule has 0 spiro atoms. The first-order chi connectivity index (χ1) is 13.9. The third-order valence-corrected chi connectivity index (χ3v) is 4.56. The Morgan fingerprint density at radius 2 is 1.38 bits per heavy atom. The van der Waals surface area contributed by atoms with E-state index in [0.29, 0.717) is 48.1 Å². The molecule has 0 heterocycles. The van der Waals surface area contributed by atoms with Crippen molar-refractivity contribution >= 4 is 11.8 Å². The average Bonchev–Trinajstić information content (AvgIpc) is 2.73. The van der Waals surface area contributed by atoms with Gasteiger partial charge in [-0.2, -0.15) is 0 Å². The quantitative estimate of drug-likeness (QED) is 0.643. The van der Waals surface area contributed by atoms with Crippen molar-refractivity contribution in [1.29, 1.82) is 0 Å². The highest BCUT2D eigenvalue weighted by molar-refractivity contribution is 5.97. The molecule has 0 radical (unpaired) electrons. The summed E-state index contributed by atoms with van der Waals surface area (Å²) in [6.45, 7) is 5.37. The minimum Gasteiger partial charge on any atom is -0.493 e. The van der Waals surface area contributed by atoms with E-state index in [9.17, 15) is 9.59 Å². The Kier molecular flexibility index (Phi) is 8.52. The lowest BCUT2D eigenvalue weighted by Gasteiger charge is -2.10. The summed E-state index contributed by atoms with van der Waals surface area (Å²) in [5.74, 6) is 1.59. The van der Waals surface area contributed by atoms with E-state index in [1.54, 1.807) is 38.5 Å². The van der Waals surface area contributed by atoms with Gasteiger partial charge in [0.15, 0.2) is 11.5 Å². The lowest BCUT2D eigenvalue weighted by atomic mass is 10.1. The Morgan fingerprint density at radius 3 is 1.90 bits per heavy atom. The molecule has 0 unspecified atom stereocenters. The van der Waals surface area contributed by atoms with Crippen LogP contribution in [0.4, 0.5) is 0 Å². The van der Waals surface area contributed by atoms with Crippen LogP contribution in [0.3, 0.4) is 0 Å². The molecule has 0 bridgehead atoms. The molecule has 6 heteroatoms. The molecule has 2 rings (SSSR count). The summed E-state index contributed by atoms with van der Waals surface area (Å²) in [5.41, 5.74) is 2.11. The molecule has 6 nitrogen and oxygen atoms in total. The van der Waals surface area contributed by atoms with Crippen LogP contribution in [0.5, 0.6) is 11.5 Å². The number of carbonyl (C=O) groups excluding carboxylic acids is 2. The van der Waals surface area contributed by atoms with Crippen LogP contribution in [0.1, 0.15) is 46.5 Å². The van der Waals surface area contributed by atoms with Crippen molar-refractivity contribution in [3.8, 4) is 11.5 Å². The normalized spacial score (nSPS) is 10.5. The maximum absolute atomic E-state index is 12.3. The van der Waals surface area contributed by atoms with E-state index in [0.717, 1.165) is 12.0 Å². The number of ether oxygens (including phenoxy) is 2. The Bertz CT molecular complexity index is 816. The predicted octanol–water partition coefficient (Wildman–Crippen LogP) is 3.45. The number of methoxy groups -OCH3 is 2. The van der Waals surface area contributed by atoms with Crippen LogP contribution in [-0.2, 0) is 6.42 Å². The molecule has 29 heavy (non-hydrogen) atoms. The van der Waals surface area contributed by atoms with Crippen LogP contribution in [-0.4, -0.2) is 39.1 Å². The molecule has 2 aromatic carbocycles. The molecule has 0 saturated heterocycles. The lowest BCUT2D eigenvalue weighted by Crippen LogP contribution is -2.27. The Morgan fingerprint density at radius 1 is 0.828 bits per heavy atom. The second-order valence-corrected chi connectivity index (χ2v) is 7.21. The summed E-state index contributed by atoms with van der Waals surface area (Å²) in [4.78, 5) is 24.4. The Balaban J connectivity index is 1.84. The second kappa shape index (κ2) is 11.1. The molecule has 0 saturated carbocycles. The summed E-state index contributed by atoms with van der Waals surface area (Å²) < 4.78 is 10.5. The van der Waals surface area contributed by atoms with E-state index < -0.39 is 0 Å². The summed E-state index contributed by atoms with van der Waals surface area (Å²) >= 11 is 0. The second-order valence-electron chi connectivity index (χ2n) is 7.21. The SMILES string of the molecule is COc1ccc(CCNC(=O)c2ccc(C(=O)NCCC(C)C)cc2)cc1OC. The molecular weight excluding hydrogens is 368 g/mol. The number of nitrogens with one attached hydrogen (secondary N) is 2. The van der Waals surface area contributed by atoms with Gasteiger partial charge in [0.25, 0.3) is 11.8 Å². The molecule has 0 aromatic heterocycles. The third-order valence-electron chi connectivity index (χ3n) is 4.56. The molecule has 0 aliphatic rings. The Hall–Kier alpha value is -3.02. The minimum atomic E-state index is -0.169. The van der Waals surface area contributed by atoms with E-state index in [1.165, 1.54) is 0 Å². The van der Waals surface area contributed by atoms with Gasteiger partial charge in [0.1, 0.15) is 0 Å². The van der Waals surface area contributed by atoms with Crippen molar-refractivity contribution in [1.82, 2.24) is 10.6 Å². The summed E-state index contributed by atoms with van der Waals surface area (Å²) in [6.07, 6.45) is 1.61. The number of benzene rings is 2. The highest BCUT2D eigenvalue weighted by atomic mass is 16.5. The van der Waals surface area contributed by atoms with Crippen LogP contribution in [0.2, 0.25) is 0 Å². The number of hydrogen-bond acceptors (Lipinski definition) is 4. The number of amides is 2. The molecule has 2 aromatic rings. The number of carbonyl (C=O) groups is 2. The Labute approximate surface area is 172 Å². The zero-order valence-electron chi connectivity index (χ0n) is 17.6. The monoisotopic (exact) mass is 398 g/mol. The summed E-state index contributed by atoms with van der Waals surface area (Å²) in [6, 6.07) is 12.4. The smallest absolute Gasteiger partial charge is 0.251 e. The largest absolute Gasteiger partial charge is 0.493 e. The number of rotatable bonds is 10. The minimum absolute atomic E-state index is 0.119. The van der Waals surface area contributed by atoms with Gasteiger partial charge in [0.05, 0.1) is 14.2 Å². The molecule has 2 amide bonds. The summed E-state index contributed by atoms with van der Waals surface area (Å²) in [5, 5.41) is 5.79. The van der Waals surface area contributed by atoms with Crippen molar-refractivity contribution in [2.24, 2.45) is 5.92 Å². The first kappa shape index (κ1) is 22.3. The van der Waals surface area contributed by atoms with Crippen LogP contribution < -0.4 is 20.1 Å². The van der Waals surface area contributed by atoms with Crippen molar-refractivity contribution in [2.75, 3.05) is 27.3 Å². The molecule has 0 aliphatic heterocycles. The van der Waals surface area contributed by atoms with E-state index in [-0.39, 0.29) is 11.8 Å². The fraction of sp³-hybridized carbons (Fsp3) is 0.391. The average molecular weight is 399 g/mol. The first-order valence-corrected chi connectivity index (χ1v) is 9.82. The molecule has 0 fully saturated rings. The fourth-order valence-corrected chi connectivity index (χ4v) is 2.81. The highest BCUT2D eigenvalue weighted by Gasteiger charge is 2.09. The number of hydrogen-bond donors (Lipinski definition) is 2. The van der Waals surface area contributed by atoms with Crippen LogP contribution in [0, 0.1) is 5.92 Å². The van der Waals surface area contributed by atoms with Gasteiger partial charge in [0, 0.05) is 24.2 Å². The van der Waals surface area contributed by atoms with Crippen LogP contribution in [0.25, 0.3) is 0 Å². The van der Waals surface area contributed by atoms with Gasteiger partial charge in [0.2, 0.25) is 0 Å². The van der Waals surface area contributed by atoms with E-state index in [4.69, 9.17) is 9.47 Å². The topological polar surface area (TPSA) is 76.7 Å². The third kappa shape index (κ3) is 6.82. The van der Waals surface area contributed by atoms with Gasteiger partial charge in [-0.25, -0.2) is 0 Å². The maximum Gasteiger partial charge on any atom is 0.251 e. The van der Waals surface area contributed by atoms with Crippen molar-refractivity contribution in [2.45, 2.75) is 26.7 Å². The molecule has 0 aliphatic carbocycles. The van der Waals surface area contributed by atoms with Gasteiger partial charge < -0.3 is 20.1 Å². The van der Waals surface area contributed by atoms with Gasteiger partial charge in [-0.3, -0.25) is 9.59 Å². The van der Waals surface area contributed by atoms with Gasteiger partial charge in [-0.1, -0.05) is 19.9 Å². The zero-order valence-corrected chi connectivity index (χ0v) is 17.6. The summed E-state index contributed by atoms with van der Waals surface area (Å²) in [7, 11) is 3.19. The van der Waals surface area contributed by atoms with Crippen molar-refractivity contribution in [3.63, 3.8) is 0 Å². The lowest BCUT2D eigenvalue weighted by molar-refractivity contribution is 0.0941. The first-order valence-electron chi connectivity index (χ1n) is 9.82. The standard InChI is InChI=1S/C23H30N2O4/c1-16(2)11-13-24-22(26)18-6-8-19(9-7-18)23(27)25-14-12-17-5-10-20(28-3)21(15-17)29-4/h5-10,15-16H,11-14H2,1-4H3,(H,24,26)(H,25,27). The molecule has 0 atom stereocenters. The van der Waals surface area contributed by atoms with Crippen LogP contribution >= 0.6 is 0 Å². The highest BCUT2D eigenvalue weighted by Crippen LogP contribution is 2.27. The van der Waals surface area contributed by atoms with Gasteiger partial charge in [-0.15, -0.1) is 0 Å². The van der Waals surface area contributed by atoms with Gasteiger partial charge >= 0.3 is 0 Å². The molecule has 156 valence electrons. The van der Waals surface area contributed by atoms with E-state index >= 15 is 0 Å². The predicted molar refractivity (Wildman–Crippen MR) is 114 cm³/mol. The molecule has 2 N–H and O–H groups in total. The zero-order chi connectivity index (χ0) is 21.2.